The van der Waals surface area contributed by atoms with Crippen LogP contribution in [0.5, 0.6) is 0 Å². The van der Waals surface area contributed by atoms with Gasteiger partial charge < -0.3 is 5.32 Å². The van der Waals surface area contributed by atoms with E-state index in [9.17, 15) is 10.1 Å². The lowest BCUT2D eigenvalue weighted by molar-refractivity contribution is -0.384. The zero-order valence-electron chi connectivity index (χ0n) is 10.1. The van der Waals surface area contributed by atoms with E-state index in [0.29, 0.717) is 12.2 Å². The molecule has 0 bridgehead atoms. The monoisotopic (exact) mass is 278 g/mol. The predicted octanol–water partition coefficient (Wildman–Crippen LogP) is 2.96. The summed E-state index contributed by atoms with van der Waals surface area (Å²) in [6.45, 7) is 2.33. The standard InChI is InChI=1S/C12H11ClN4O2/c1-8-2-4-14-9(6-8)7-16-10-3-5-15-12(13)11(10)17(18)19/h2-6H,7H2,1H3,(H,15,16). The third-order valence-corrected chi connectivity index (χ3v) is 2.77. The number of hydrogen-bond donors (Lipinski definition) is 1. The van der Waals surface area contributed by atoms with Crippen molar-refractivity contribution >= 4 is 23.0 Å². The lowest BCUT2D eigenvalue weighted by Gasteiger charge is -2.07. The normalized spacial score (nSPS) is 10.2. The zero-order chi connectivity index (χ0) is 13.8. The summed E-state index contributed by atoms with van der Waals surface area (Å²) in [4.78, 5) is 18.2. The minimum atomic E-state index is -0.554. The zero-order valence-corrected chi connectivity index (χ0v) is 10.9. The van der Waals surface area contributed by atoms with Gasteiger partial charge in [0.05, 0.1) is 17.2 Å². The number of aromatic nitrogens is 2. The molecule has 2 aromatic rings. The molecule has 2 heterocycles. The van der Waals surface area contributed by atoms with Crippen LogP contribution < -0.4 is 5.32 Å². The van der Waals surface area contributed by atoms with E-state index in [1.807, 2.05) is 19.1 Å². The number of anilines is 1. The third kappa shape index (κ3) is 3.17. The number of hydrogen-bond acceptors (Lipinski definition) is 5. The van der Waals surface area contributed by atoms with Crippen LogP contribution in [-0.4, -0.2) is 14.9 Å². The third-order valence-electron chi connectivity index (χ3n) is 2.49. The summed E-state index contributed by atoms with van der Waals surface area (Å²) >= 11 is 5.72. The molecule has 1 N–H and O–H groups in total. The van der Waals surface area contributed by atoms with Crippen LogP contribution in [0, 0.1) is 17.0 Å². The van der Waals surface area contributed by atoms with E-state index in [-0.39, 0.29) is 10.8 Å². The van der Waals surface area contributed by atoms with Crippen molar-refractivity contribution in [3.8, 4) is 0 Å². The van der Waals surface area contributed by atoms with Crippen LogP contribution in [0.25, 0.3) is 0 Å². The number of rotatable bonds is 4. The van der Waals surface area contributed by atoms with Gasteiger partial charge in [-0.25, -0.2) is 4.98 Å². The van der Waals surface area contributed by atoms with Gasteiger partial charge in [0.15, 0.2) is 0 Å². The van der Waals surface area contributed by atoms with Crippen LogP contribution in [0.2, 0.25) is 5.15 Å². The van der Waals surface area contributed by atoms with E-state index >= 15 is 0 Å². The molecule has 0 aliphatic carbocycles. The van der Waals surface area contributed by atoms with Gasteiger partial charge in [0, 0.05) is 12.4 Å². The lowest BCUT2D eigenvalue weighted by Crippen LogP contribution is -2.05. The van der Waals surface area contributed by atoms with Crippen molar-refractivity contribution in [3.63, 3.8) is 0 Å². The predicted molar refractivity (Wildman–Crippen MR) is 72.2 cm³/mol. The molecule has 0 fully saturated rings. The van der Waals surface area contributed by atoms with Gasteiger partial charge >= 0.3 is 5.69 Å². The molecular weight excluding hydrogens is 268 g/mol. The Bertz CT molecular complexity index is 618. The summed E-state index contributed by atoms with van der Waals surface area (Å²) in [6, 6.07) is 5.30. The van der Waals surface area contributed by atoms with Gasteiger partial charge in [-0.15, -0.1) is 0 Å². The van der Waals surface area contributed by atoms with Crippen LogP contribution in [0.3, 0.4) is 0 Å². The molecule has 0 aliphatic rings. The molecule has 2 aromatic heterocycles. The van der Waals surface area contributed by atoms with Gasteiger partial charge in [-0.2, -0.15) is 0 Å². The minimum absolute atomic E-state index is 0.132. The van der Waals surface area contributed by atoms with Crippen molar-refractivity contribution < 1.29 is 4.92 Å². The Balaban J connectivity index is 2.20. The number of nitrogens with zero attached hydrogens (tertiary/aromatic N) is 3. The number of halogens is 1. The quantitative estimate of drug-likeness (QED) is 0.528. The molecule has 19 heavy (non-hydrogen) atoms. The SMILES string of the molecule is Cc1ccnc(CNc2ccnc(Cl)c2[N+](=O)[O-])c1. The average Bonchev–Trinajstić information content (AvgIpc) is 2.36. The summed E-state index contributed by atoms with van der Waals surface area (Å²) in [7, 11) is 0. The molecule has 0 atom stereocenters. The van der Waals surface area contributed by atoms with Crippen LogP contribution in [0.15, 0.2) is 30.6 Å². The smallest absolute Gasteiger partial charge is 0.329 e. The van der Waals surface area contributed by atoms with Gasteiger partial charge in [-0.05, 0) is 30.7 Å². The average molecular weight is 279 g/mol. The second-order valence-corrected chi connectivity index (χ2v) is 4.29. The van der Waals surface area contributed by atoms with Crippen molar-refractivity contribution in [1.82, 2.24) is 9.97 Å². The second kappa shape index (κ2) is 5.62. The van der Waals surface area contributed by atoms with Gasteiger partial charge in [0.2, 0.25) is 5.15 Å². The van der Waals surface area contributed by atoms with E-state index < -0.39 is 4.92 Å². The summed E-state index contributed by atoms with van der Waals surface area (Å²) in [5.74, 6) is 0. The number of nitro groups is 1. The Kier molecular flexibility index (Phi) is 3.91. The van der Waals surface area contributed by atoms with Gasteiger partial charge in [0.1, 0.15) is 5.69 Å². The van der Waals surface area contributed by atoms with Gasteiger partial charge in [-0.3, -0.25) is 15.1 Å². The summed E-state index contributed by atoms with van der Waals surface area (Å²) in [5.41, 5.74) is 1.97. The maximum Gasteiger partial charge on any atom is 0.329 e. The Morgan fingerprint density at radius 3 is 2.79 bits per heavy atom. The van der Waals surface area contributed by atoms with E-state index in [1.54, 1.807) is 6.20 Å². The Hall–Kier alpha value is -2.21. The first kappa shape index (κ1) is 13.2. The summed E-state index contributed by atoms with van der Waals surface area (Å²) in [6.07, 6.45) is 3.11. The van der Waals surface area contributed by atoms with E-state index in [0.717, 1.165) is 11.3 Å². The lowest BCUT2D eigenvalue weighted by atomic mass is 10.2. The van der Waals surface area contributed by atoms with Crippen LogP contribution in [0.4, 0.5) is 11.4 Å². The van der Waals surface area contributed by atoms with E-state index in [1.165, 1.54) is 12.3 Å². The molecule has 0 saturated carbocycles. The van der Waals surface area contributed by atoms with Crippen molar-refractivity contribution in [1.29, 1.82) is 0 Å². The fraction of sp³-hybridized carbons (Fsp3) is 0.167. The topological polar surface area (TPSA) is 81.0 Å². The maximum atomic E-state index is 10.9. The minimum Gasteiger partial charge on any atom is -0.374 e. The van der Waals surface area contributed by atoms with Crippen molar-refractivity contribution in [2.45, 2.75) is 13.5 Å². The fourth-order valence-electron chi connectivity index (χ4n) is 1.63. The van der Waals surface area contributed by atoms with Gasteiger partial charge in [-0.1, -0.05) is 11.6 Å². The van der Waals surface area contributed by atoms with Crippen LogP contribution in [-0.2, 0) is 6.54 Å². The first-order chi connectivity index (χ1) is 9.08. The Labute approximate surface area is 114 Å². The Morgan fingerprint density at radius 1 is 1.37 bits per heavy atom. The highest BCUT2D eigenvalue weighted by atomic mass is 35.5. The van der Waals surface area contributed by atoms with E-state index in [2.05, 4.69) is 15.3 Å². The van der Waals surface area contributed by atoms with Crippen LogP contribution in [0.1, 0.15) is 11.3 Å². The van der Waals surface area contributed by atoms with Crippen molar-refractivity contribution in [3.05, 3.63) is 57.1 Å². The molecule has 0 amide bonds. The molecule has 6 nitrogen and oxygen atoms in total. The first-order valence-corrected chi connectivity index (χ1v) is 5.90. The molecule has 0 aromatic carbocycles. The molecule has 0 radical (unpaired) electrons. The summed E-state index contributed by atoms with van der Waals surface area (Å²) < 4.78 is 0. The maximum absolute atomic E-state index is 10.9. The highest BCUT2D eigenvalue weighted by Crippen LogP contribution is 2.30. The molecule has 2 rings (SSSR count). The molecule has 0 aliphatic heterocycles. The molecule has 7 heteroatoms. The first-order valence-electron chi connectivity index (χ1n) is 5.52. The van der Waals surface area contributed by atoms with Crippen LogP contribution >= 0.6 is 11.6 Å². The van der Waals surface area contributed by atoms with Crippen molar-refractivity contribution in [2.75, 3.05) is 5.32 Å². The Morgan fingerprint density at radius 2 is 2.11 bits per heavy atom. The number of pyridine rings is 2. The van der Waals surface area contributed by atoms with Gasteiger partial charge in [0.25, 0.3) is 0 Å². The van der Waals surface area contributed by atoms with E-state index in [4.69, 9.17) is 11.6 Å². The molecule has 0 spiro atoms. The van der Waals surface area contributed by atoms with Crippen molar-refractivity contribution in [2.24, 2.45) is 0 Å². The molecule has 0 saturated heterocycles. The highest BCUT2D eigenvalue weighted by molar-refractivity contribution is 6.32. The highest BCUT2D eigenvalue weighted by Gasteiger charge is 2.19. The molecule has 0 unspecified atom stereocenters. The number of aryl methyl sites for hydroxylation is 1. The summed E-state index contributed by atoms with van der Waals surface area (Å²) in [5, 5.41) is 13.8. The number of nitrogens with one attached hydrogen (secondary N) is 1. The molecular formula is C12H11ClN4O2. The molecule has 98 valence electrons. The fourth-order valence-corrected chi connectivity index (χ4v) is 1.85. The second-order valence-electron chi connectivity index (χ2n) is 3.93. The largest absolute Gasteiger partial charge is 0.374 e.